The second kappa shape index (κ2) is 6.27. The highest BCUT2D eigenvalue weighted by Gasteiger charge is 2.54. The third-order valence-electron chi connectivity index (χ3n) is 6.11. The van der Waals surface area contributed by atoms with Crippen molar-refractivity contribution in [2.75, 3.05) is 30.8 Å². The zero-order valence-electron chi connectivity index (χ0n) is 16.5. The molecule has 29 heavy (non-hydrogen) atoms. The average molecular weight is 415 g/mol. The number of nitrogens with zero attached hydrogens (tertiary/aromatic N) is 4. The highest BCUT2D eigenvalue weighted by atomic mass is 32.2. The van der Waals surface area contributed by atoms with Crippen LogP contribution in [-0.2, 0) is 10.0 Å². The Labute approximate surface area is 169 Å². The standard InChI is InChI=1S/C21H23FN4O2S/c1-15-11-20-16(13-23-26(20)18-5-3-17(22)4-6-18)12-19(15)24-9-10-25(29(2,27)28)21(14-24)7-8-21/h3-6,11-13H,7-10,14H2,1-2H3. The molecule has 5 rings (SSSR count). The predicted octanol–water partition coefficient (Wildman–Crippen LogP) is 3.09. The van der Waals surface area contributed by atoms with Gasteiger partial charge in [0.15, 0.2) is 0 Å². The van der Waals surface area contributed by atoms with Gasteiger partial charge in [0, 0.05) is 30.7 Å². The Morgan fingerprint density at radius 1 is 1.10 bits per heavy atom. The number of sulfonamides is 1. The molecule has 2 aliphatic rings. The Morgan fingerprint density at radius 2 is 1.83 bits per heavy atom. The summed E-state index contributed by atoms with van der Waals surface area (Å²) < 4.78 is 41.1. The van der Waals surface area contributed by atoms with Crippen molar-refractivity contribution in [2.45, 2.75) is 25.3 Å². The number of piperazine rings is 1. The number of rotatable bonds is 3. The minimum atomic E-state index is -3.19. The van der Waals surface area contributed by atoms with Crippen LogP contribution in [0.4, 0.5) is 10.1 Å². The van der Waals surface area contributed by atoms with Gasteiger partial charge >= 0.3 is 0 Å². The van der Waals surface area contributed by atoms with E-state index in [9.17, 15) is 12.8 Å². The van der Waals surface area contributed by atoms with E-state index in [0.29, 0.717) is 13.1 Å². The van der Waals surface area contributed by atoms with Crippen molar-refractivity contribution in [3.63, 3.8) is 0 Å². The van der Waals surface area contributed by atoms with E-state index in [1.807, 2.05) is 10.9 Å². The fourth-order valence-electron chi connectivity index (χ4n) is 4.53. The van der Waals surface area contributed by atoms with Gasteiger partial charge in [-0.2, -0.15) is 9.40 Å². The van der Waals surface area contributed by atoms with E-state index in [0.717, 1.165) is 47.2 Å². The molecule has 0 N–H and O–H groups in total. The van der Waals surface area contributed by atoms with E-state index < -0.39 is 10.0 Å². The Balaban J connectivity index is 1.49. The maximum absolute atomic E-state index is 13.3. The van der Waals surface area contributed by atoms with Crippen LogP contribution in [-0.4, -0.2) is 53.9 Å². The van der Waals surface area contributed by atoms with Crippen LogP contribution in [0.3, 0.4) is 0 Å². The van der Waals surface area contributed by atoms with Gasteiger partial charge < -0.3 is 4.90 Å². The lowest BCUT2D eigenvalue weighted by molar-refractivity contribution is 0.273. The van der Waals surface area contributed by atoms with Crippen LogP contribution in [0.25, 0.3) is 16.6 Å². The monoisotopic (exact) mass is 414 g/mol. The molecule has 0 radical (unpaired) electrons. The number of benzene rings is 2. The van der Waals surface area contributed by atoms with Gasteiger partial charge in [0.25, 0.3) is 0 Å². The summed E-state index contributed by atoms with van der Waals surface area (Å²) in [6.07, 6.45) is 4.96. The minimum absolute atomic E-state index is 0.245. The maximum atomic E-state index is 13.3. The van der Waals surface area contributed by atoms with Gasteiger partial charge in [0.2, 0.25) is 10.0 Å². The fourth-order valence-corrected chi connectivity index (χ4v) is 5.89. The molecule has 0 atom stereocenters. The van der Waals surface area contributed by atoms with Crippen molar-refractivity contribution in [3.8, 4) is 5.69 Å². The molecule has 0 bridgehead atoms. The van der Waals surface area contributed by atoms with Gasteiger partial charge in [-0.15, -0.1) is 0 Å². The van der Waals surface area contributed by atoms with Crippen LogP contribution < -0.4 is 4.90 Å². The molecule has 1 aliphatic carbocycles. The topological polar surface area (TPSA) is 58.4 Å². The van der Waals surface area contributed by atoms with Gasteiger partial charge in [-0.25, -0.2) is 17.5 Å². The lowest BCUT2D eigenvalue weighted by Gasteiger charge is -2.42. The lowest BCUT2D eigenvalue weighted by atomic mass is 10.1. The van der Waals surface area contributed by atoms with E-state index in [1.165, 1.54) is 18.4 Å². The zero-order valence-corrected chi connectivity index (χ0v) is 17.3. The SMILES string of the molecule is Cc1cc2c(cnn2-c2ccc(F)cc2)cc1N1CCN(S(C)(=O)=O)C2(CC2)C1. The molecule has 1 saturated heterocycles. The molecular formula is C21H23FN4O2S. The van der Waals surface area contributed by atoms with Crippen LogP contribution in [0.2, 0.25) is 0 Å². The summed E-state index contributed by atoms with van der Waals surface area (Å²) in [6.45, 7) is 3.98. The van der Waals surface area contributed by atoms with Crippen molar-refractivity contribution in [1.82, 2.24) is 14.1 Å². The molecule has 1 saturated carbocycles. The summed E-state index contributed by atoms with van der Waals surface area (Å²) in [7, 11) is -3.19. The van der Waals surface area contributed by atoms with Crippen molar-refractivity contribution < 1.29 is 12.8 Å². The quantitative estimate of drug-likeness (QED) is 0.661. The number of hydrogen-bond donors (Lipinski definition) is 0. The van der Waals surface area contributed by atoms with Crippen molar-refractivity contribution in [2.24, 2.45) is 0 Å². The Bertz CT molecular complexity index is 1200. The highest BCUT2D eigenvalue weighted by Crippen LogP contribution is 2.46. The number of halogens is 1. The number of hydrogen-bond acceptors (Lipinski definition) is 4. The first-order valence-corrected chi connectivity index (χ1v) is 11.6. The third kappa shape index (κ3) is 3.11. The van der Waals surface area contributed by atoms with Crippen LogP contribution in [0.5, 0.6) is 0 Å². The van der Waals surface area contributed by atoms with Gasteiger partial charge in [-0.1, -0.05) is 0 Å². The summed E-state index contributed by atoms with van der Waals surface area (Å²) in [4.78, 5) is 2.30. The third-order valence-corrected chi connectivity index (χ3v) is 7.48. The van der Waals surface area contributed by atoms with Crippen LogP contribution in [0.15, 0.2) is 42.6 Å². The normalized spacial score (nSPS) is 19.2. The van der Waals surface area contributed by atoms with Gasteiger partial charge in [-0.3, -0.25) is 0 Å². The molecule has 6 nitrogen and oxygen atoms in total. The summed E-state index contributed by atoms with van der Waals surface area (Å²) in [5, 5.41) is 5.50. The van der Waals surface area contributed by atoms with E-state index in [2.05, 4.69) is 29.1 Å². The summed E-state index contributed by atoms with van der Waals surface area (Å²) in [5.41, 5.74) is 3.77. The molecule has 2 fully saturated rings. The second-order valence-corrected chi connectivity index (χ2v) is 10.1. The molecule has 2 aromatic carbocycles. The predicted molar refractivity (Wildman–Crippen MR) is 111 cm³/mol. The Morgan fingerprint density at radius 3 is 2.48 bits per heavy atom. The molecule has 1 aliphatic heterocycles. The van der Waals surface area contributed by atoms with Crippen molar-refractivity contribution >= 4 is 26.6 Å². The molecule has 0 amide bonds. The summed E-state index contributed by atoms with van der Waals surface area (Å²) in [5.74, 6) is -0.272. The number of aryl methyl sites for hydroxylation is 1. The second-order valence-electron chi connectivity index (χ2n) is 8.21. The first-order valence-electron chi connectivity index (χ1n) is 9.74. The fraction of sp³-hybridized carbons (Fsp3) is 0.381. The van der Waals surface area contributed by atoms with Gasteiger partial charge in [-0.05, 0) is 61.7 Å². The Hall–Kier alpha value is -2.45. The first-order chi connectivity index (χ1) is 13.8. The molecular weight excluding hydrogens is 391 g/mol. The maximum Gasteiger partial charge on any atom is 0.211 e. The van der Waals surface area contributed by atoms with E-state index >= 15 is 0 Å². The number of anilines is 1. The summed E-state index contributed by atoms with van der Waals surface area (Å²) >= 11 is 0. The summed E-state index contributed by atoms with van der Waals surface area (Å²) in [6, 6.07) is 10.5. The van der Waals surface area contributed by atoms with Gasteiger partial charge in [0.05, 0.1) is 29.2 Å². The molecule has 2 heterocycles. The lowest BCUT2D eigenvalue weighted by Crippen LogP contribution is -2.56. The van der Waals surface area contributed by atoms with Crippen LogP contribution in [0.1, 0.15) is 18.4 Å². The van der Waals surface area contributed by atoms with Crippen molar-refractivity contribution in [3.05, 3.63) is 54.0 Å². The van der Waals surface area contributed by atoms with Crippen LogP contribution in [0, 0.1) is 12.7 Å². The van der Waals surface area contributed by atoms with E-state index in [1.54, 1.807) is 16.4 Å². The molecule has 152 valence electrons. The minimum Gasteiger partial charge on any atom is -0.368 e. The van der Waals surface area contributed by atoms with E-state index in [-0.39, 0.29) is 11.4 Å². The van der Waals surface area contributed by atoms with Crippen molar-refractivity contribution in [1.29, 1.82) is 0 Å². The number of fused-ring (bicyclic) bond motifs is 1. The number of aromatic nitrogens is 2. The largest absolute Gasteiger partial charge is 0.368 e. The smallest absolute Gasteiger partial charge is 0.211 e. The highest BCUT2D eigenvalue weighted by molar-refractivity contribution is 7.88. The molecule has 3 aromatic rings. The van der Waals surface area contributed by atoms with E-state index in [4.69, 9.17) is 0 Å². The van der Waals surface area contributed by atoms with Gasteiger partial charge in [0.1, 0.15) is 5.82 Å². The Kier molecular flexibility index (Phi) is 4.02. The average Bonchev–Trinajstić information content (AvgIpc) is 3.29. The molecule has 0 unspecified atom stereocenters. The zero-order chi connectivity index (χ0) is 20.4. The molecule has 1 spiro atoms. The van der Waals surface area contributed by atoms with Crippen LogP contribution >= 0.6 is 0 Å². The first kappa shape index (κ1) is 18.6. The molecule has 8 heteroatoms. The molecule has 1 aromatic heterocycles.